The van der Waals surface area contributed by atoms with Crippen molar-refractivity contribution in [3.8, 4) is 11.1 Å². The Morgan fingerprint density at radius 1 is 1.07 bits per heavy atom. The number of Topliss-reactive ketones (excluding diaryl/α,β-unsaturated/α-hetero) is 1. The van der Waals surface area contributed by atoms with Crippen molar-refractivity contribution in [3.63, 3.8) is 0 Å². The van der Waals surface area contributed by atoms with E-state index in [1.54, 1.807) is 25.1 Å². The summed E-state index contributed by atoms with van der Waals surface area (Å²) in [7, 11) is 0. The molecule has 3 rings (SSSR count). The van der Waals surface area contributed by atoms with E-state index in [1.165, 1.54) is 0 Å². The second-order valence-electron chi connectivity index (χ2n) is 7.05. The van der Waals surface area contributed by atoms with Crippen LogP contribution in [0, 0.1) is 0 Å². The van der Waals surface area contributed by atoms with Crippen LogP contribution in [0.3, 0.4) is 0 Å². The van der Waals surface area contributed by atoms with Crippen molar-refractivity contribution >= 4 is 11.8 Å². The fraction of sp³-hybridized carbons (Fsp3) is 0.304. The summed E-state index contributed by atoms with van der Waals surface area (Å²) in [5, 5.41) is 13.8. The summed E-state index contributed by atoms with van der Waals surface area (Å²) < 4.78 is 1.84. The molecule has 29 heavy (non-hydrogen) atoms. The van der Waals surface area contributed by atoms with Crippen molar-refractivity contribution in [2.45, 2.75) is 46.1 Å². The monoisotopic (exact) mass is 391 g/mol. The van der Waals surface area contributed by atoms with Crippen LogP contribution in [0.4, 0.5) is 0 Å². The van der Waals surface area contributed by atoms with Crippen molar-refractivity contribution < 1.29 is 14.7 Å². The normalized spacial score (nSPS) is 12.0. The fourth-order valence-corrected chi connectivity index (χ4v) is 3.18. The van der Waals surface area contributed by atoms with Gasteiger partial charge in [-0.25, -0.2) is 14.5 Å². The predicted molar refractivity (Wildman–Crippen MR) is 111 cm³/mol. The van der Waals surface area contributed by atoms with Gasteiger partial charge in [0.25, 0.3) is 0 Å². The third kappa shape index (κ3) is 4.42. The Balaban J connectivity index is 1.90. The van der Waals surface area contributed by atoms with Crippen molar-refractivity contribution in [1.82, 2.24) is 14.8 Å². The summed E-state index contributed by atoms with van der Waals surface area (Å²) >= 11 is 0. The van der Waals surface area contributed by atoms with E-state index in [0.717, 1.165) is 23.4 Å². The molecule has 0 aliphatic heterocycles. The minimum Gasteiger partial charge on any atom is -0.478 e. The van der Waals surface area contributed by atoms with Crippen LogP contribution >= 0.6 is 0 Å². The molecule has 0 spiro atoms. The molecule has 1 N–H and O–H groups in total. The zero-order chi connectivity index (χ0) is 21.0. The molecule has 0 bridgehead atoms. The van der Waals surface area contributed by atoms with Crippen LogP contribution in [0.25, 0.3) is 11.1 Å². The molecule has 150 valence electrons. The highest BCUT2D eigenvalue weighted by Crippen LogP contribution is 2.25. The Morgan fingerprint density at radius 2 is 1.76 bits per heavy atom. The van der Waals surface area contributed by atoms with Gasteiger partial charge in [-0.2, -0.15) is 0 Å². The minimum absolute atomic E-state index is 0.0612. The van der Waals surface area contributed by atoms with Crippen molar-refractivity contribution in [2.24, 2.45) is 0 Å². The molecule has 1 heterocycles. The van der Waals surface area contributed by atoms with E-state index in [0.29, 0.717) is 18.4 Å². The molecule has 0 aliphatic carbocycles. The van der Waals surface area contributed by atoms with Gasteiger partial charge in [-0.1, -0.05) is 56.3 Å². The molecule has 1 atom stereocenters. The van der Waals surface area contributed by atoms with Crippen molar-refractivity contribution in [1.29, 1.82) is 0 Å². The van der Waals surface area contributed by atoms with E-state index >= 15 is 0 Å². The molecule has 3 aromatic rings. The lowest BCUT2D eigenvalue weighted by molar-refractivity contribution is 0.0697. The summed E-state index contributed by atoms with van der Waals surface area (Å²) in [6.07, 6.45) is 1.82. The first-order valence-electron chi connectivity index (χ1n) is 9.84. The highest BCUT2D eigenvalue weighted by atomic mass is 16.4. The molecule has 1 aromatic heterocycles. The van der Waals surface area contributed by atoms with E-state index in [2.05, 4.69) is 23.9 Å². The van der Waals surface area contributed by atoms with Gasteiger partial charge in [0, 0.05) is 12.8 Å². The predicted octanol–water partition coefficient (Wildman–Crippen LogP) is 4.80. The first-order chi connectivity index (χ1) is 13.9. The zero-order valence-electron chi connectivity index (χ0n) is 16.9. The number of aromatic carboxylic acids is 1. The largest absolute Gasteiger partial charge is 0.478 e. The average molecular weight is 391 g/mol. The first kappa shape index (κ1) is 20.5. The average Bonchev–Trinajstić information content (AvgIpc) is 3.17. The van der Waals surface area contributed by atoms with Crippen LogP contribution in [0.5, 0.6) is 0 Å². The summed E-state index contributed by atoms with van der Waals surface area (Å²) in [6.45, 7) is 5.94. The van der Waals surface area contributed by atoms with Gasteiger partial charge in [0.1, 0.15) is 5.82 Å². The molecule has 0 fully saturated rings. The number of ketones is 1. The van der Waals surface area contributed by atoms with E-state index in [9.17, 15) is 14.7 Å². The van der Waals surface area contributed by atoms with Gasteiger partial charge < -0.3 is 5.11 Å². The number of carboxylic acids is 1. The Bertz CT molecular complexity index is 1020. The molecule has 2 aromatic carbocycles. The summed E-state index contributed by atoms with van der Waals surface area (Å²) in [6, 6.07) is 14.9. The lowest BCUT2D eigenvalue weighted by atomic mass is 9.98. The number of nitrogens with zero attached hydrogens (tertiary/aromatic N) is 3. The number of aromatic nitrogens is 3. The highest BCUT2D eigenvalue weighted by Gasteiger charge is 2.18. The number of hydrogen-bond acceptors (Lipinski definition) is 4. The Labute approximate surface area is 170 Å². The molecule has 6 nitrogen and oxygen atoms in total. The smallest absolute Gasteiger partial charge is 0.336 e. The highest BCUT2D eigenvalue weighted by molar-refractivity contribution is 5.96. The molecular formula is C23H25N3O3. The third-order valence-corrected chi connectivity index (χ3v) is 5.07. The number of carbonyl (C=O) groups is 2. The summed E-state index contributed by atoms with van der Waals surface area (Å²) in [5.74, 6) is 0.0259. The maximum absolute atomic E-state index is 12.0. The molecule has 1 unspecified atom stereocenters. The van der Waals surface area contributed by atoms with Crippen LogP contribution in [0.2, 0.25) is 0 Å². The van der Waals surface area contributed by atoms with Gasteiger partial charge >= 0.3 is 5.97 Å². The second-order valence-corrected chi connectivity index (χ2v) is 7.05. The number of carbonyl (C=O) groups excluding carboxylic acids is 1. The summed E-state index contributed by atoms with van der Waals surface area (Å²) in [4.78, 5) is 28.0. The van der Waals surface area contributed by atoms with Crippen molar-refractivity contribution in [2.75, 3.05) is 0 Å². The quantitative estimate of drug-likeness (QED) is 0.558. The number of rotatable bonds is 8. The Kier molecular flexibility index (Phi) is 6.22. The molecule has 0 saturated heterocycles. The first-order valence-corrected chi connectivity index (χ1v) is 9.84. The standard InChI is InChI=1S/C23H25N3O3/c1-4-15(3)26-21(24-22(25-26)20(27)5-2)14-16-10-12-17(13-11-16)18-8-6-7-9-19(18)23(28)29/h6-13,15H,4-5,14H2,1-3H3,(H,28,29). The van der Waals surface area contributed by atoms with E-state index < -0.39 is 5.97 Å². The summed E-state index contributed by atoms with van der Waals surface area (Å²) in [5.41, 5.74) is 2.83. The number of hydrogen-bond donors (Lipinski definition) is 1. The maximum Gasteiger partial charge on any atom is 0.336 e. The van der Waals surface area contributed by atoms with Gasteiger partial charge in [0.05, 0.1) is 11.6 Å². The molecular weight excluding hydrogens is 366 g/mol. The van der Waals surface area contributed by atoms with Crippen LogP contribution in [0.1, 0.15) is 72.0 Å². The minimum atomic E-state index is -0.945. The van der Waals surface area contributed by atoms with E-state index in [-0.39, 0.29) is 23.2 Å². The Hall–Kier alpha value is -3.28. The van der Waals surface area contributed by atoms with E-state index in [1.807, 2.05) is 35.0 Å². The van der Waals surface area contributed by atoms with Gasteiger partial charge in [-0.15, -0.1) is 5.10 Å². The van der Waals surface area contributed by atoms with Gasteiger partial charge in [-0.3, -0.25) is 4.79 Å². The fourth-order valence-electron chi connectivity index (χ4n) is 3.18. The second kappa shape index (κ2) is 8.82. The Morgan fingerprint density at radius 3 is 2.38 bits per heavy atom. The lowest BCUT2D eigenvalue weighted by Crippen LogP contribution is -2.11. The molecule has 6 heteroatoms. The SMILES string of the molecule is CCC(=O)c1nc(Cc2ccc(-c3ccccc3C(=O)O)cc2)n(C(C)CC)n1. The van der Waals surface area contributed by atoms with Crippen LogP contribution in [-0.4, -0.2) is 31.6 Å². The topological polar surface area (TPSA) is 85.1 Å². The van der Waals surface area contributed by atoms with Crippen molar-refractivity contribution in [3.05, 3.63) is 71.3 Å². The van der Waals surface area contributed by atoms with Crippen LogP contribution in [-0.2, 0) is 6.42 Å². The van der Waals surface area contributed by atoms with Crippen LogP contribution < -0.4 is 0 Å². The molecule has 0 radical (unpaired) electrons. The molecule has 0 amide bonds. The number of carboxylic acid groups (broad SMARTS) is 1. The van der Waals surface area contributed by atoms with Gasteiger partial charge in [0.15, 0.2) is 0 Å². The molecule has 0 saturated carbocycles. The lowest BCUT2D eigenvalue weighted by Gasteiger charge is -2.12. The number of benzene rings is 2. The van der Waals surface area contributed by atoms with Crippen LogP contribution in [0.15, 0.2) is 48.5 Å². The zero-order valence-corrected chi connectivity index (χ0v) is 16.9. The van der Waals surface area contributed by atoms with E-state index in [4.69, 9.17) is 0 Å². The van der Waals surface area contributed by atoms with Gasteiger partial charge in [-0.05, 0) is 36.1 Å². The van der Waals surface area contributed by atoms with Gasteiger partial charge in [0.2, 0.25) is 11.6 Å². The third-order valence-electron chi connectivity index (χ3n) is 5.07. The maximum atomic E-state index is 12.0. The molecule has 0 aliphatic rings.